The molecule has 0 radical (unpaired) electrons. The monoisotopic (exact) mass is 231 g/mol. The molecule has 4 heteroatoms. The van der Waals surface area contributed by atoms with E-state index < -0.39 is 0 Å². The second-order valence-electron chi connectivity index (χ2n) is 3.85. The van der Waals surface area contributed by atoms with Crippen molar-refractivity contribution in [2.45, 2.75) is 13.5 Å². The number of benzene rings is 1. The van der Waals surface area contributed by atoms with Gasteiger partial charge in [-0.25, -0.2) is 9.37 Å². The molecular weight excluding hydrogens is 217 g/mol. The van der Waals surface area contributed by atoms with E-state index in [0.29, 0.717) is 12.2 Å². The smallest absolute Gasteiger partial charge is 0.126 e. The molecule has 1 aromatic heterocycles. The maximum atomic E-state index is 13.0. The zero-order valence-corrected chi connectivity index (χ0v) is 9.57. The van der Waals surface area contributed by atoms with Crippen LogP contribution in [0.5, 0.6) is 0 Å². The molecule has 1 heterocycles. The molecule has 0 fully saturated rings. The van der Waals surface area contributed by atoms with Gasteiger partial charge >= 0.3 is 0 Å². The van der Waals surface area contributed by atoms with E-state index in [1.165, 1.54) is 12.1 Å². The van der Waals surface area contributed by atoms with Crippen molar-refractivity contribution < 1.29 is 4.39 Å². The van der Waals surface area contributed by atoms with Gasteiger partial charge in [0.2, 0.25) is 0 Å². The topological polar surface area (TPSA) is 50.9 Å². The summed E-state index contributed by atoms with van der Waals surface area (Å²) in [5, 5.41) is 3.12. The predicted octanol–water partition coefficient (Wildman–Crippen LogP) is 2.72. The molecule has 2 aromatic rings. The Labute approximate surface area is 99.5 Å². The van der Waals surface area contributed by atoms with E-state index in [-0.39, 0.29) is 5.82 Å². The van der Waals surface area contributed by atoms with Crippen molar-refractivity contribution in [2.75, 3.05) is 11.1 Å². The highest BCUT2D eigenvalue weighted by Crippen LogP contribution is 2.13. The standard InChI is InChI=1S/C13H14FN3/c1-9-12(15)5-6-13(17-9)16-8-10-3-2-4-11(14)7-10/h2-7H,8,15H2,1H3,(H,16,17). The molecule has 0 bridgehead atoms. The summed E-state index contributed by atoms with van der Waals surface area (Å²) < 4.78 is 13.0. The zero-order chi connectivity index (χ0) is 12.3. The quantitative estimate of drug-likeness (QED) is 0.854. The largest absolute Gasteiger partial charge is 0.397 e. The van der Waals surface area contributed by atoms with Gasteiger partial charge in [0.15, 0.2) is 0 Å². The van der Waals surface area contributed by atoms with Gasteiger partial charge in [-0.1, -0.05) is 12.1 Å². The minimum Gasteiger partial charge on any atom is -0.397 e. The number of aryl methyl sites for hydroxylation is 1. The zero-order valence-electron chi connectivity index (χ0n) is 9.57. The van der Waals surface area contributed by atoms with E-state index in [1.807, 2.05) is 19.1 Å². The highest BCUT2D eigenvalue weighted by atomic mass is 19.1. The Morgan fingerprint density at radius 2 is 2.12 bits per heavy atom. The molecule has 0 aliphatic rings. The molecule has 2 rings (SSSR count). The van der Waals surface area contributed by atoms with Crippen LogP contribution in [0.4, 0.5) is 15.9 Å². The van der Waals surface area contributed by atoms with E-state index >= 15 is 0 Å². The average Bonchev–Trinajstić information content (AvgIpc) is 2.31. The minimum atomic E-state index is -0.231. The Morgan fingerprint density at radius 1 is 1.29 bits per heavy atom. The lowest BCUT2D eigenvalue weighted by molar-refractivity contribution is 0.626. The number of nitrogens with one attached hydrogen (secondary N) is 1. The van der Waals surface area contributed by atoms with E-state index in [4.69, 9.17) is 5.73 Å². The summed E-state index contributed by atoms with van der Waals surface area (Å²) in [7, 11) is 0. The van der Waals surface area contributed by atoms with Crippen LogP contribution in [-0.2, 0) is 6.54 Å². The summed E-state index contributed by atoms with van der Waals surface area (Å²) in [4.78, 5) is 4.28. The van der Waals surface area contributed by atoms with Crippen LogP contribution in [0.15, 0.2) is 36.4 Å². The molecule has 1 aromatic carbocycles. The first-order chi connectivity index (χ1) is 8.15. The van der Waals surface area contributed by atoms with Crippen molar-refractivity contribution in [3.63, 3.8) is 0 Å². The molecule has 0 saturated heterocycles. The van der Waals surface area contributed by atoms with Crippen molar-refractivity contribution >= 4 is 11.5 Å². The SMILES string of the molecule is Cc1nc(NCc2cccc(F)c2)ccc1N. The van der Waals surface area contributed by atoms with Crippen LogP contribution in [0.25, 0.3) is 0 Å². The lowest BCUT2D eigenvalue weighted by Gasteiger charge is -2.07. The summed E-state index contributed by atoms with van der Waals surface area (Å²) in [5.74, 6) is 0.506. The number of aromatic nitrogens is 1. The highest BCUT2D eigenvalue weighted by molar-refractivity contribution is 5.49. The molecular formula is C13H14FN3. The molecule has 3 nitrogen and oxygen atoms in total. The Kier molecular flexibility index (Phi) is 3.23. The fourth-order valence-electron chi connectivity index (χ4n) is 1.51. The number of halogens is 1. The molecule has 0 spiro atoms. The van der Waals surface area contributed by atoms with E-state index in [1.54, 1.807) is 12.1 Å². The Morgan fingerprint density at radius 3 is 2.82 bits per heavy atom. The molecule has 17 heavy (non-hydrogen) atoms. The maximum Gasteiger partial charge on any atom is 0.126 e. The second-order valence-corrected chi connectivity index (χ2v) is 3.85. The molecule has 0 unspecified atom stereocenters. The van der Waals surface area contributed by atoms with E-state index in [9.17, 15) is 4.39 Å². The summed E-state index contributed by atoms with van der Waals surface area (Å²) >= 11 is 0. The minimum absolute atomic E-state index is 0.231. The molecule has 0 amide bonds. The van der Waals surface area contributed by atoms with E-state index in [2.05, 4.69) is 10.3 Å². The van der Waals surface area contributed by atoms with Crippen LogP contribution in [0.2, 0.25) is 0 Å². The normalized spacial score (nSPS) is 10.2. The first-order valence-corrected chi connectivity index (χ1v) is 5.36. The average molecular weight is 231 g/mol. The number of anilines is 2. The molecule has 3 N–H and O–H groups in total. The van der Waals surface area contributed by atoms with Crippen LogP contribution < -0.4 is 11.1 Å². The fraction of sp³-hybridized carbons (Fsp3) is 0.154. The van der Waals surface area contributed by atoms with Gasteiger partial charge in [-0.3, -0.25) is 0 Å². The van der Waals surface area contributed by atoms with Crippen LogP contribution in [0.3, 0.4) is 0 Å². The van der Waals surface area contributed by atoms with Gasteiger partial charge in [-0.15, -0.1) is 0 Å². The van der Waals surface area contributed by atoms with Gasteiger partial charge in [-0.2, -0.15) is 0 Å². The number of hydrogen-bond acceptors (Lipinski definition) is 3. The number of nitrogens with zero attached hydrogens (tertiary/aromatic N) is 1. The number of pyridine rings is 1. The summed E-state index contributed by atoms with van der Waals surface area (Å²) in [5.41, 5.74) is 8.01. The maximum absolute atomic E-state index is 13.0. The van der Waals surface area contributed by atoms with Crippen LogP contribution in [0.1, 0.15) is 11.3 Å². The Bertz CT molecular complexity index is 526. The van der Waals surface area contributed by atoms with Crippen molar-refractivity contribution in [1.29, 1.82) is 0 Å². The van der Waals surface area contributed by atoms with Gasteiger partial charge < -0.3 is 11.1 Å². The van der Waals surface area contributed by atoms with Crippen LogP contribution in [-0.4, -0.2) is 4.98 Å². The summed E-state index contributed by atoms with van der Waals surface area (Å²) in [6.07, 6.45) is 0. The predicted molar refractivity (Wildman–Crippen MR) is 67.1 cm³/mol. The second kappa shape index (κ2) is 4.82. The van der Waals surface area contributed by atoms with Crippen molar-refractivity contribution in [1.82, 2.24) is 4.98 Å². The number of hydrogen-bond donors (Lipinski definition) is 2. The van der Waals surface area contributed by atoms with Gasteiger partial charge in [0.05, 0.1) is 11.4 Å². The lowest BCUT2D eigenvalue weighted by Crippen LogP contribution is -2.03. The van der Waals surface area contributed by atoms with Crippen molar-refractivity contribution in [2.24, 2.45) is 0 Å². The third-order valence-corrected chi connectivity index (χ3v) is 2.49. The van der Waals surface area contributed by atoms with E-state index in [0.717, 1.165) is 17.1 Å². The number of nitrogens with two attached hydrogens (primary N) is 1. The first-order valence-electron chi connectivity index (χ1n) is 5.36. The molecule has 88 valence electrons. The number of rotatable bonds is 3. The number of nitrogen functional groups attached to an aromatic ring is 1. The van der Waals surface area contributed by atoms with Gasteiger partial charge in [0.25, 0.3) is 0 Å². The first kappa shape index (κ1) is 11.4. The molecule has 0 atom stereocenters. The van der Waals surface area contributed by atoms with Crippen molar-refractivity contribution in [3.05, 3.63) is 53.5 Å². The Hall–Kier alpha value is -2.10. The third-order valence-electron chi connectivity index (χ3n) is 2.49. The summed E-state index contributed by atoms with van der Waals surface area (Å²) in [6, 6.07) is 10.1. The van der Waals surface area contributed by atoms with Gasteiger partial charge in [0.1, 0.15) is 11.6 Å². The Balaban J connectivity index is 2.05. The van der Waals surface area contributed by atoms with Crippen LogP contribution in [0, 0.1) is 12.7 Å². The lowest BCUT2D eigenvalue weighted by atomic mass is 10.2. The van der Waals surface area contributed by atoms with Crippen molar-refractivity contribution in [3.8, 4) is 0 Å². The fourth-order valence-corrected chi connectivity index (χ4v) is 1.51. The highest BCUT2D eigenvalue weighted by Gasteiger charge is 1.99. The molecule has 0 saturated carbocycles. The molecule has 0 aliphatic carbocycles. The van der Waals surface area contributed by atoms with Crippen LogP contribution >= 0.6 is 0 Å². The molecule has 0 aliphatic heterocycles. The third kappa shape index (κ3) is 2.93. The van der Waals surface area contributed by atoms with Gasteiger partial charge in [0, 0.05) is 6.54 Å². The van der Waals surface area contributed by atoms with Gasteiger partial charge in [-0.05, 0) is 36.8 Å². The summed E-state index contributed by atoms with van der Waals surface area (Å²) in [6.45, 7) is 2.39.